The Morgan fingerprint density at radius 2 is 1.96 bits per heavy atom. The van der Waals surface area contributed by atoms with Crippen LogP contribution in [0.2, 0.25) is 0 Å². The third-order valence-electron chi connectivity index (χ3n) is 5.67. The maximum absolute atomic E-state index is 13.2. The maximum Gasteiger partial charge on any atom is 0.253 e. The topological polar surface area (TPSA) is 64.7 Å². The van der Waals surface area contributed by atoms with Crippen molar-refractivity contribution in [2.75, 3.05) is 32.7 Å². The summed E-state index contributed by atoms with van der Waals surface area (Å²) in [7, 11) is 0. The molecule has 0 aromatic heterocycles. The van der Waals surface area contributed by atoms with Crippen LogP contribution in [0.25, 0.3) is 0 Å². The molecular formula is C16H25ClF2N4O2. The van der Waals surface area contributed by atoms with Crippen LogP contribution in [0.15, 0.2) is 0 Å². The maximum atomic E-state index is 13.2. The summed E-state index contributed by atoms with van der Waals surface area (Å²) in [6.45, 7) is 2.15. The summed E-state index contributed by atoms with van der Waals surface area (Å²) in [5.74, 6) is -1.08. The third-order valence-corrected chi connectivity index (χ3v) is 6.16. The molecule has 6 nitrogen and oxygen atoms in total. The lowest BCUT2D eigenvalue weighted by atomic mass is 9.79. The zero-order valence-electron chi connectivity index (χ0n) is 14.1. The number of nitrogens with zero attached hydrogens (tertiary/aromatic N) is 2. The molecule has 3 rings (SSSR count). The number of rotatable bonds is 4. The van der Waals surface area contributed by atoms with E-state index in [1.54, 1.807) is 4.90 Å². The number of nitrogens with one attached hydrogen (secondary N) is 2. The molecule has 2 saturated heterocycles. The van der Waals surface area contributed by atoms with Crippen LogP contribution >= 0.6 is 11.6 Å². The largest absolute Gasteiger partial charge is 0.340 e. The van der Waals surface area contributed by atoms with Gasteiger partial charge in [-0.1, -0.05) is 12.8 Å². The normalized spacial score (nSPS) is 35.1. The molecule has 0 radical (unpaired) electrons. The summed E-state index contributed by atoms with van der Waals surface area (Å²) in [6.07, 6.45) is 0.803. The van der Waals surface area contributed by atoms with Crippen molar-refractivity contribution < 1.29 is 18.4 Å². The van der Waals surface area contributed by atoms with Crippen molar-refractivity contribution in [3.63, 3.8) is 0 Å². The van der Waals surface area contributed by atoms with Gasteiger partial charge in [0, 0.05) is 38.1 Å². The van der Waals surface area contributed by atoms with Gasteiger partial charge in [-0.3, -0.25) is 19.9 Å². The summed E-state index contributed by atoms with van der Waals surface area (Å²) >= 11 is 6.16. The number of carbonyl (C=O) groups is 2. The van der Waals surface area contributed by atoms with Gasteiger partial charge in [0.2, 0.25) is 12.3 Å². The van der Waals surface area contributed by atoms with Gasteiger partial charge in [-0.15, -0.1) is 11.6 Å². The quantitative estimate of drug-likeness (QED) is 0.711. The Bertz CT molecular complexity index is 511. The Morgan fingerprint density at radius 1 is 1.20 bits per heavy atom. The monoisotopic (exact) mass is 378 g/mol. The SMILES string of the molecule is O=C1NNCC(N2CCN(CC3CCCCC3C(F)F)C(=O)C2)C1Cl. The van der Waals surface area contributed by atoms with E-state index in [0.29, 0.717) is 32.6 Å². The van der Waals surface area contributed by atoms with Crippen molar-refractivity contribution in [3.05, 3.63) is 0 Å². The molecule has 0 aromatic rings. The highest BCUT2D eigenvalue weighted by Crippen LogP contribution is 2.35. The lowest BCUT2D eigenvalue weighted by molar-refractivity contribution is -0.140. The number of hydrogen-bond donors (Lipinski definition) is 2. The van der Waals surface area contributed by atoms with Crippen LogP contribution in [0.5, 0.6) is 0 Å². The van der Waals surface area contributed by atoms with Gasteiger partial charge < -0.3 is 4.90 Å². The smallest absolute Gasteiger partial charge is 0.253 e. The fraction of sp³-hybridized carbons (Fsp3) is 0.875. The molecule has 3 aliphatic rings. The minimum absolute atomic E-state index is 0.0697. The predicted octanol–water partition coefficient (Wildman–Crippen LogP) is 0.813. The molecule has 1 saturated carbocycles. The molecule has 0 spiro atoms. The van der Waals surface area contributed by atoms with Crippen LogP contribution < -0.4 is 10.9 Å². The van der Waals surface area contributed by atoms with E-state index in [1.165, 1.54) is 0 Å². The van der Waals surface area contributed by atoms with Gasteiger partial charge >= 0.3 is 0 Å². The van der Waals surface area contributed by atoms with E-state index in [2.05, 4.69) is 10.9 Å². The Balaban J connectivity index is 1.56. The summed E-state index contributed by atoms with van der Waals surface area (Å²) in [6, 6.07) is -0.245. The van der Waals surface area contributed by atoms with Crippen LogP contribution in [-0.4, -0.2) is 72.2 Å². The summed E-state index contributed by atoms with van der Waals surface area (Å²) < 4.78 is 26.5. The second kappa shape index (κ2) is 8.14. The predicted molar refractivity (Wildman–Crippen MR) is 89.2 cm³/mol. The summed E-state index contributed by atoms with van der Waals surface area (Å²) in [5, 5.41) is -0.706. The Labute approximate surface area is 151 Å². The van der Waals surface area contributed by atoms with E-state index < -0.39 is 17.7 Å². The lowest BCUT2D eigenvalue weighted by Gasteiger charge is -2.43. The second-order valence-corrected chi connectivity index (χ2v) is 7.66. The van der Waals surface area contributed by atoms with Crippen LogP contribution in [0.4, 0.5) is 8.78 Å². The van der Waals surface area contributed by atoms with Gasteiger partial charge in [0.25, 0.3) is 5.91 Å². The first kappa shape index (κ1) is 18.8. The first-order valence-corrected chi connectivity index (χ1v) is 9.37. The third kappa shape index (κ3) is 4.23. The molecular weight excluding hydrogens is 354 g/mol. The van der Waals surface area contributed by atoms with E-state index in [-0.39, 0.29) is 30.3 Å². The van der Waals surface area contributed by atoms with Gasteiger partial charge in [0.15, 0.2) is 0 Å². The first-order valence-electron chi connectivity index (χ1n) is 8.94. The number of halogens is 3. The molecule has 142 valence electrons. The molecule has 0 bridgehead atoms. The highest BCUT2D eigenvalue weighted by molar-refractivity contribution is 6.31. The second-order valence-electron chi connectivity index (χ2n) is 7.19. The lowest BCUT2D eigenvalue weighted by Crippen LogP contribution is -2.65. The molecule has 25 heavy (non-hydrogen) atoms. The highest BCUT2D eigenvalue weighted by atomic mass is 35.5. The highest BCUT2D eigenvalue weighted by Gasteiger charge is 2.39. The fourth-order valence-electron chi connectivity index (χ4n) is 4.18. The van der Waals surface area contributed by atoms with E-state index >= 15 is 0 Å². The molecule has 4 atom stereocenters. The summed E-state index contributed by atoms with van der Waals surface area (Å²) in [4.78, 5) is 27.8. The minimum atomic E-state index is -2.31. The zero-order valence-corrected chi connectivity index (χ0v) is 14.9. The standard InChI is InChI=1S/C16H25ClF2N4O2/c17-14-12(7-20-21-16(14)25)22-5-6-23(13(24)9-22)8-10-3-1-2-4-11(10)15(18)19/h10-12,14-15,20H,1-9H2,(H,21,25). The minimum Gasteiger partial charge on any atom is -0.340 e. The number of carbonyl (C=O) groups excluding carboxylic acids is 2. The Hall–Kier alpha value is -0.990. The van der Waals surface area contributed by atoms with Crippen molar-refractivity contribution >= 4 is 23.4 Å². The number of amides is 2. The Morgan fingerprint density at radius 3 is 2.68 bits per heavy atom. The molecule has 1 aliphatic carbocycles. The van der Waals surface area contributed by atoms with E-state index in [1.807, 2.05) is 4.90 Å². The van der Waals surface area contributed by atoms with Gasteiger partial charge in [0.1, 0.15) is 5.38 Å². The molecule has 2 N–H and O–H groups in total. The molecule has 3 fully saturated rings. The first-order chi connectivity index (χ1) is 12.0. The average molecular weight is 379 g/mol. The van der Waals surface area contributed by atoms with Gasteiger partial charge in [-0.05, 0) is 18.8 Å². The zero-order chi connectivity index (χ0) is 18.0. The number of piperazine rings is 1. The van der Waals surface area contributed by atoms with E-state index in [9.17, 15) is 18.4 Å². The molecule has 9 heteroatoms. The van der Waals surface area contributed by atoms with Crippen LogP contribution in [0.1, 0.15) is 25.7 Å². The van der Waals surface area contributed by atoms with Crippen LogP contribution in [-0.2, 0) is 9.59 Å². The molecule has 2 amide bonds. The van der Waals surface area contributed by atoms with Gasteiger partial charge in [0.05, 0.1) is 6.54 Å². The number of alkyl halides is 3. The molecule has 0 aromatic carbocycles. The molecule has 2 heterocycles. The molecule has 2 aliphatic heterocycles. The van der Waals surface area contributed by atoms with Crippen molar-refractivity contribution in [1.29, 1.82) is 0 Å². The number of hydrogen-bond acceptors (Lipinski definition) is 4. The van der Waals surface area contributed by atoms with Crippen molar-refractivity contribution in [1.82, 2.24) is 20.7 Å². The van der Waals surface area contributed by atoms with Gasteiger partial charge in [-0.25, -0.2) is 14.2 Å². The average Bonchev–Trinajstić information content (AvgIpc) is 2.59. The van der Waals surface area contributed by atoms with Crippen LogP contribution in [0.3, 0.4) is 0 Å². The van der Waals surface area contributed by atoms with Crippen molar-refractivity contribution in [3.8, 4) is 0 Å². The van der Waals surface area contributed by atoms with E-state index in [4.69, 9.17) is 11.6 Å². The summed E-state index contributed by atoms with van der Waals surface area (Å²) in [5.41, 5.74) is 5.26. The van der Waals surface area contributed by atoms with Gasteiger partial charge in [-0.2, -0.15) is 0 Å². The fourth-order valence-corrected chi connectivity index (χ4v) is 4.49. The van der Waals surface area contributed by atoms with Crippen molar-refractivity contribution in [2.24, 2.45) is 11.8 Å². The van der Waals surface area contributed by atoms with Crippen LogP contribution in [0, 0.1) is 11.8 Å². The Kier molecular flexibility index (Phi) is 6.12. The number of hydrazine groups is 1. The van der Waals surface area contributed by atoms with E-state index in [0.717, 1.165) is 19.3 Å². The molecule has 4 unspecified atom stereocenters. The van der Waals surface area contributed by atoms with Crippen molar-refractivity contribution in [2.45, 2.75) is 43.5 Å².